The van der Waals surface area contributed by atoms with Crippen LogP contribution in [0.15, 0.2) is 85.1 Å². The van der Waals surface area contributed by atoms with Crippen molar-refractivity contribution in [3.63, 3.8) is 0 Å². The number of aliphatic hydroxyl groups excluding tert-OH is 1. The Morgan fingerprint density at radius 2 is 0.909 bits per heavy atom. The molecule has 0 saturated carbocycles. The van der Waals surface area contributed by atoms with Gasteiger partial charge in [-0.2, -0.15) is 0 Å². The topological polar surface area (TPSA) is 105 Å². The summed E-state index contributed by atoms with van der Waals surface area (Å²) >= 11 is 0. The van der Waals surface area contributed by atoms with E-state index in [1.165, 1.54) is 96.3 Å². The Morgan fingerprint density at radius 3 is 1.33 bits per heavy atom. The van der Waals surface area contributed by atoms with Gasteiger partial charge in [0.1, 0.15) is 13.2 Å². The first kappa shape index (κ1) is 63.7. The van der Waals surface area contributed by atoms with Crippen LogP contribution in [-0.2, 0) is 18.4 Å². The van der Waals surface area contributed by atoms with Crippen LogP contribution >= 0.6 is 7.82 Å². The Hall–Kier alpha value is -2.32. The molecule has 0 saturated heterocycles. The van der Waals surface area contributed by atoms with E-state index in [1.54, 1.807) is 0 Å². The second kappa shape index (κ2) is 47.7. The maximum atomic E-state index is 13.0. The number of aliphatic hydroxyl groups is 1. The minimum absolute atomic E-state index is 0.0682. The number of nitrogens with zero attached hydrogens (tertiary/aromatic N) is 1. The van der Waals surface area contributed by atoms with Crippen molar-refractivity contribution in [3.8, 4) is 0 Å². The van der Waals surface area contributed by atoms with Crippen LogP contribution in [0.5, 0.6) is 0 Å². The van der Waals surface area contributed by atoms with E-state index in [2.05, 4.69) is 104 Å². The zero-order valence-corrected chi connectivity index (χ0v) is 44.3. The molecule has 0 aromatic rings. The van der Waals surface area contributed by atoms with Crippen molar-refractivity contribution in [2.45, 2.75) is 231 Å². The zero-order chi connectivity index (χ0) is 48.5. The van der Waals surface area contributed by atoms with Crippen molar-refractivity contribution in [2.75, 3.05) is 40.9 Å². The highest BCUT2D eigenvalue weighted by molar-refractivity contribution is 7.47. The highest BCUT2D eigenvalue weighted by Crippen LogP contribution is 2.43. The first-order chi connectivity index (χ1) is 32.0. The molecule has 0 radical (unpaired) electrons. The second-order valence-corrected chi connectivity index (χ2v) is 20.7. The standard InChI is InChI=1S/C57H103N2O6P/c1-6-8-10-12-14-16-18-20-22-23-24-25-26-27-28-29-30-31-32-33-34-35-37-39-41-43-45-47-49-51-57(61)58-55(54-65-66(62,63)64-53-52-59(3,4)5)56(60)50-48-46-44-42-40-38-36-21-19-17-15-13-11-9-7-2/h8,10,14,16,20,22,24-25,27-28,30-31,33-34,55-56,60H,6-7,9,11-13,15,17-19,21,23,26,29,32,35-54H2,1-5H3,(H-,58,61,62,63)/p+1/b10-8-,16-14-,22-20-,25-24-,28-27-,31-30-,34-33-. The van der Waals surface area contributed by atoms with Crippen molar-refractivity contribution in [1.29, 1.82) is 0 Å². The number of quaternary nitrogens is 1. The summed E-state index contributed by atoms with van der Waals surface area (Å²) in [5.41, 5.74) is 0. The van der Waals surface area contributed by atoms with E-state index in [-0.39, 0.29) is 19.1 Å². The molecule has 0 aromatic heterocycles. The lowest BCUT2D eigenvalue weighted by Gasteiger charge is -2.26. The van der Waals surface area contributed by atoms with Gasteiger partial charge >= 0.3 is 7.82 Å². The smallest absolute Gasteiger partial charge is 0.391 e. The largest absolute Gasteiger partial charge is 0.472 e. The van der Waals surface area contributed by atoms with Gasteiger partial charge in [-0.25, -0.2) is 4.57 Å². The number of nitrogens with one attached hydrogen (secondary N) is 1. The normalized spacial score (nSPS) is 14.7. The van der Waals surface area contributed by atoms with Gasteiger partial charge in [0, 0.05) is 6.42 Å². The fourth-order valence-electron chi connectivity index (χ4n) is 7.44. The third-order valence-electron chi connectivity index (χ3n) is 11.7. The van der Waals surface area contributed by atoms with E-state index in [9.17, 15) is 19.4 Å². The first-order valence-corrected chi connectivity index (χ1v) is 28.4. The molecule has 3 unspecified atom stereocenters. The molecule has 66 heavy (non-hydrogen) atoms. The van der Waals surface area contributed by atoms with Crippen molar-refractivity contribution in [1.82, 2.24) is 5.32 Å². The number of hydrogen-bond acceptors (Lipinski definition) is 5. The van der Waals surface area contributed by atoms with Gasteiger partial charge in [0.2, 0.25) is 5.91 Å². The third-order valence-corrected chi connectivity index (χ3v) is 12.6. The van der Waals surface area contributed by atoms with Crippen molar-refractivity contribution < 1.29 is 32.9 Å². The SMILES string of the molecule is CC/C=C\C/C=C\C/C=C\C/C=C\C/C=C\C/C=C\C/C=C\CCCCCCCCCC(=O)NC(COP(=O)(O)OCC[N+](C)(C)C)C(O)CCCCCCCCCCCCCCCCC. The summed E-state index contributed by atoms with van der Waals surface area (Å²) in [5, 5.41) is 14.0. The monoisotopic (exact) mass is 944 g/mol. The molecule has 0 aliphatic carbocycles. The molecule has 3 atom stereocenters. The molecule has 0 rings (SSSR count). The van der Waals surface area contributed by atoms with E-state index < -0.39 is 20.0 Å². The number of hydrogen-bond donors (Lipinski definition) is 3. The average Bonchev–Trinajstić information content (AvgIpc) is 3.28. The van der Waals surface area contributed by atoms with Crippen LogP contribution in [0, 0.1) is 0 Å². The van der Waals surface area contributed by atoms with Gasteiger partial charge in [0.25, 0.3) is 0 Å². The zero-order valence-electron chi connectivity index (χ0n) is 43.4. The molecule has 0 aliphatic heterocycles. The Morgan fingerprint density at radius 1 is 0.530 bits per heavy atom. The molecular formula is C57H104N2O6P+. The number of allylic oxidation sites excluding steroid dienone is 14. The summed E-state index contributed by atoms with van der Waals surface area (Å²) in [6.45, 7) is 4.76. The van der Waals surface area contributed by atoms with Gasteiger partial charge < -0.3 is 19.8 Å². The van der Waals surface area contributed by atoms with E-state index in [4.69, 9.17) is 9.05 Å². The molecule has 0 fully saturated rings. The molecule has 0 heterocycles. The van der Waals surface area contributed by atoms with Crippen LogP contribution in [0.4, 0.5) is 0 Å². The Bertz CT molecular complexity index is 1350. The number of likely N-dealkylation sites (N-methyl/N-ethyl adjacent to an activating group) is 1. The second-order valence-electron chi connectivity index (χ2n) is 19.2. The van der Waals surface area contributed by atoms with Crippen LogP contribution < -0.4 is 5.32 Å². The lowest BCUT2D eigenvalue weighted by Crippen LogP contribution is -2.46. The summed E-state index contributed by atoms with van der Waals surface area (Å²) in [6, 6.07) is -0.772. The molecule has 0 aromatic carbocycles. The number of phosphoric ester groups is 1. The highest BCUT2D eigenvalue weighted by Gasteiger charge is 2.28. The third kappa shape index (κ3) is 49.6. The summed E-state index contributed by atoms with van der Waals surface area (Å²) in [7, 11) is 1.60. The molecule has 1 amide bonds. The number of unbranched alkanes of at least 4 members (excludes halogenated alkanes) is 21. The quantitative estimate of drug-likeness (QED) is 0.0243. The number of phosphoric acid groups is 1. The van der Waals surface area contributed by atoms with Gasteiger partial charge in [-0.1, -0.05) is 227 Å². The van der Waals surface area contributed by atoms with Crippen molar-refractivity contribution >= 4 is 13.7 Å². The molecule has 0 bridgehead atoms. The van der Waals surface area contributed by atoms with Gasteiger partial charge in [0.05, 0.1) is 39.9 Å². The maximum Gasteiger partial charge on any atom is 0.472 e. The predicted molar refractivity (Wildman–Crippen MR) is 286 cm³/mol. The highest BCUT2D eigenvalue weighted by atomic mass is 31.2. The summed E-state index contributed by atoms with van der Waals surface area (Å²) < 4.78 is 23.7. The van der Waals surface area contributed by atoms with E-state index >= 15 is 0 Å². The molecule has 0 spiro atoms. The van der Waals surface area contributed by atoms with Crippen LogP contribution in [0.25, 0.3) is 0 Å². The summed E-state index contributed by atoms with van der Waals surface area (Å²) in [4.78, 5) is 23.3. The van der Waals surface area contributed by atoms with Crippen LogP contribution in [-0.4, -0.2) is 73.4 Å². The van der Waals surface area contributed by atoms with Gasteiger partial charge in [-0.3, -0.25) is 13.8 Å². The minimum atomic E-state index is -4.33. The maximum absolute atomic E-state index is 13.0. The molecule has 3 N–H and O–H groups in total. The van der Waals surface area contributed by atoms with E-state index in [1.807, 2.05) is 21.1 Å². The predicted octanol–water partition coefficient (Wildman–Crippen LogP) is 16.1. The number of carbonyl (C=O) groups excluding carboxylic acids is 1. The lowest BCUT2D eigenvalue weighted by atomic mass is 10.0. The van der Waals surface area contributed by atoms with Crippen molar-refractivity contribution in [3.05, 3.63) is 85.1 Å². The Balaban J connectivity index is 4.24. The van der Waals surface area contributed by atoms with Crippen LogP contribution in [0.3, 0.4) is 0 Å². The van der Waals surface area contributed by atoms with E-state index in [0.717, 1.165) is 96.3 Å². The van der Waals surface area contributed by atoms with E-state index in [0.29, 0.717) is 23.9 Å². The molecular weight excluding hydrogens is 840 g/mol. The van der Waals surface area contributed by atoms with Gasteiger partial charge in [-0.05, 0) is 70.6 Å². The minimum Gasteiger partial charge on any atom is -0.391 e. The average molecular weight is 944 g/mol. The van der Waals surface area contributed by atoms with Gasteiger partial charge in [0.15, 0.2) is 0 Å². The number of rotatable bonds is 48. The Labute approximate surface area is 407 Å². The van der Waals surface area contributed by atoms with Crippen LogP contribution in [0.2, 0.25) is 0 Å². The number of amides is 1. The fourth-order valence-corrected chi connectivity index (χ4v) is 8.17. The lowest BCUT2D eigenvalue weighted by molar-refractivity contribution is -0.870. The summed E-state index contributed by atoms with van der Waals surface area (Å²) in [6.07, 6.45) is 66.2. The summed E-state index contributed by atoms with van der Waals surface area (Å²) in [5.74, 6) is -0.159. The molecule has 9 heteroatoms. The molecule has 8 nitrogen and oxygen atoms in total. The molecule has 382 valence electrons. The number of carbonyl (C=O) groups is 1. The van der Waals surface area contributed by atoms with Gasteiger partial charge in [-0.15, -0.1) is 0 Å². The molecule has 0 aliphatic rings. The van der Waals surface area contributed by atoms with Crippen LogP contribution in [0.1, 0.15) is 219 Å². The fraction of sp³-hybridized carbons (Fsp3) is 0.737. The first-order valence-electron chi connectivity index (χ1n) is 27.0. The van der Waals surface area contributed by atoms with Crippen molar-refractivity contribution in [2.24, 2.45) is 0 Å². The Kier molecular flexibility index (Phi) is 46.1.